The zero-order chi connectivity index (χ0) is 13.8. The normalized spacial score (nSPS) is 26.4. The van der Waals surface area contributed by atoms with E-state index in [-0.39, 0.29) is 24.0 Å². The lowest BCUT2D eigenvalue weighted by Crippen LogP contribution is -2.41. The molecule has 0 bridgehead atoms. The van der Waals surface area contributed by atoms with Crippen LogP contribution < -0.4 is 11.1 Å². The minimum absolute atomic E-state index is 0. The van der Waals surface area contributed by atoms with Gasteiger partial charge in [0.15, 0.2) is 5.96 Å². The molecule has 122 valence electrons. The molecule has 1 saturated heterocycles. The fourth-order valence-electron chi connectivity index (χ4n) is 3.67. The second-order valence-electron chi connectivity index (χ2n) is 6.92. The van der Waals surface area contributed by atoms with Crippen LogP contribution in [0.5, 0.6) is 0 Å². The Bertz CT molecular complexity index is 329. The molecule has 0 aromatic heterocycles. The molecule has 2 saturated carbocycles. The van der Waals surface area contributed by atoms with Gasteiger partial charge in [0.2, 0.25) is 0 Å². The number of likely N-dealkylation sites (tertiary alicyclic amines) is 1. The number of nitrogens with one attached hydrogen (secondary N) is 1. The van der Waals surface area contributed by atoms with E-state index in [0.717, 1.165) is 18.5 Å². The molecular weight excluding hydrogens is 375 g/mol. The Balaban J connectivity index is 0.00000161. The molecule has 3 fully saturated rings. The molecule has 3 N–H and O–H groups in total. The van der Waals surface area contributed by atoms with Crippen molar-refractivity contribution in [2.45, 2.75) is 69.9 Å². The average molecular weight is 406 g/mol. The number of guanidine groups is 1. The van der Waals surface area contributed by atoms with Crippen molar-refractivity contribution < 1.29 is 0 Å². The Morgan fingerprint density at radius 3 is 2.29 bits per heavy atom. The second-order valence-corrected chi connectivity index (χ2v) is 6.92. The maximum Gasteiger partial charge on any atom is 0.188 e. The smallest absolute Gasteiger partial charge is 0.188 e. The number of aliphatic imine (C=N–C) groups is 1. The van der Waals surface area contributed by atoms with Gasteiger partial charge in [-0.2, -0.15) is 0 Å². The van der Waals surface area contributed by atoms with Crippen LogP contribution in [0.4, 0.5) is 0 Å². The van der Waals surface area contributed by atoms with Gasteiger partial charge in [0, 0.05) is 18.6 Å². The van der Waals surface area contributed by atoms with Gasteiger partial charge < -0.3 is 16.0 Å². The predicted molar refractivity (Wildman–Crippen MR) is 99.2 cm³/mol. The lowest BCUT2D eigenvalue weighted by Gasteiger charge is -2.31. The van der Waals surface area contributed by atoms with Gasteiger partial charge in [-0.15, -0.1) is 24.0 Å². The van der Waals surface area contributed by atoms with E-state index in [9.17, 15) is 0 Å². The fraction of sp³-hybridized carbons (Fsp3) is 0.938. The Morgan fingerprint density at radius 2 is 1.67 bits per heavy atom. The van der Waals surface area contributed by atoms with Crippen LogP contribution >= 0.6 is 24.0 Å². The summed E-state index contributed by atoms with van der Waals surface area (Å²) in [5, 5.41) is 3.41. The molecule has 0 atom stereocenters. The van der Waals surface area contributed by atoms with E-state index in [1.165, 1.54) is 70.9 Å². The third-order valence-corrected chi connectivity index (χ3v) is 5.19. The van der Waals surface area contributed by atoms with E-state index >= 15 is 0 Å². The van der Waals surface area contributed by atoms with E-state index in [4.69, 9.17) is 5.73 Å². The molecule has 21 heavy (non-hydrogen) atoms. The van der Waals surface area contributed by atoms with E-state index in [1.54, 1.807) is 0 Å². The first-order chi connectivity index (χ1) is 9.81. The van der Waals surface area contributed by atoms with Crippen molar-refractivity contribution in [3.05, 3.63) is 0 Å². The first-order valence-corrected chi connectivity index (χ1v) is 8.62. The van der Waals surface area contributed by atoms with Crippen molar-refractivity contribution in [1.29, 1.82) is 0 Å². The number of rotatable bonds is 4. The summed E-state index contributed by atoms with van der Waals surface area (Å²) in [5.74, 6) is 1.43. The van der Waals surface area contributed by atoms with Crippen LogP contribution in [0.1, 0.15) is 57.8 Å². The Labute approximate surface area is 146 Å². The third-order valence-electron chi connectivity index (χ3n) is 5.19. The van der Waals surface area contributed by atoms with Crippen molar-refractivity contribution in [2.75, 3.05) is 19.6 Å². The molecule has 5 heteroatoms. The van der Waals surface area contributed by atoms with E-state index in [0.29, 0.717) is 12.0 Å². The van der Waals surface area contributed by atoms with Crippen molar-refractivity contribution >= 4 is 29.9 Å². The average Bonchev–Trinajstić information content (AvgIpc) is 3.31. The highest BCUT2D eigenvalue weighted by Gasteiger charge is 2.31. The lowest BCUT2D eigenvalue weighted by molar-refractivity contribution is 0.179. The Kier molecular flexibility index (Phi) is 7.05. The fourth-order valence-corrected chi connectivity index (χ4v) is 3.67. The van der Waals surface area contributed by atoms with Gasteiger partial charge >= 0.3 is 0 Å². The van der Waals surface area contributed by atoms with Gasteiger partial charge in [0.05, 0.1) is 0 Å². The number of hydrogen-bond donors (Lipinski definition) is 2. The van der Waals surface area contributed by atoms with E-state index in [2.05, 4.69) is 15.2 Å². The minimum Gasteiger partial charge on any atom is -0.370 e. The number of hydrogen-bond acceptors (Lipinski definition) is 2. The van der Waals surface area contributed by atoms with Crippen molar-refractivity contribution in [1.82, 2.24) is 10.2 Å². The molecule has 0 amide bonds. The van der Waals surface area contributed by atoms with Crippen LogP contribution in [0.15, 0.2) is 4.99 Å². The number of nitrogens with zero attached hydrogens (tertiary/aromatic N) is 2. The van der Waals surface area contributed by atoms with Crippen LogP contribution in [0.25, 0.3) is 0 Å². The lowest BCUT2D eigenvalue weighted by atomic mass is 9.95. The molecule has 2 aliphatic carbocycles. The molecule has 0 aromatic rings. The summed E-state index contributed by atoms with van der Waals surface area (Å²) in [6, 6.07) is 1.50. The van der Waals surface area contributed by atoms with Crippen LogP contribution in [0.2, 0.25) is 0 Å². The summed E-state index contributed by atoms with van der Waals surface area (Å²) in [7, 11) is 0. The number of piperidine rings is 1. The zero-order valence-corrected chi connectivity index (χ0v) is 15.4. The molecule has 0 aromatic carbocycles. The molecule has 0 radical (unpaired) electrons. The van der Waals surface area contributed by atoms with E-state index < -0.39 is 0 Å². The first kappa shape index (κ1) is 17.3. The molecule has 3 aliphatic rings. The van der Waals surface area contributed by atoms with Crippen LogP contribution in [-0.2, 0) is 0 Å². The monoisotopic (exact) mass is 406 g/mol. The SMILES string of the molecule is I.NC(=NCC1CCN(C2CC2)CC1)NC1CCCCC1. The molecule has 3 rings (SSSR count). The molecular formula is C16H31IN4. The van der Waals surface area contributed by atoms with Crippen LogP contribution in [-0.4, -0.2) is 42.6 Å². The maximum absolute atomic E-state index is 6.04. The standard InChI is InChI=1S/C16H30N4.HI/c17-16(19-14-4-2-1-3-5-14)18-12-13-8-10-20(11-9-13)15-6-7-15;/h13-15H,1-12H2,(H3,17,18,19);1H. The molecule has 1 heterocycles. The van der Waals surface area contributed by atoms with Crippen molar-refractivity contribution in [2.24, 2.45) is 16.6 Å². The second kappa shape index (κ2) is 8.56. The van der Waals surface area contributed by atoms with Gasteiger partial charge in [-0.25, -0.2) is 0 Å². The molecule has 1 aliphatic heterocycles. The predicted octanol–water partition coefficient (Wildman–Crippen LogP) is 2.72. The zero-order valence-electron chi connectivity index (χ0n) is 13.1. The molecule has 4 nitrogen and oxygen atoms in total. The maximum atomic E-state index is 6.04. The van der Waals surface area contributed by atoms with Gasteiger partial charge in [-0.3, -0.25) is 4.99 Å². The summed E-state index contributed by atoms with van der Waals surface area (Å²) in [4.78, 5) is 7.26. The minimum atomic E-state index is 0. The highest BCUT2D eigenvalue weighted by Crippen LogP contribution is 2.30. The Morgan fingerprint density at radius 1 is 1.00 bits per heavy atom. The molecule has 0 unspecified atom stereocenters. The van der Waals surface area contributed by atoms with Crippen LogP contribution in [0, 0.1) is 5.92 Å². The van der Waals surface area contributed by atoms with Gasteiger partial charge in [0.1, 0.15) is 0 Å². The third kappa shape index (κ3) is 5.58. The highest BCUT2D eigenvalue weighted by atomic mass is 127. The number of halogens is 1. The molecule has 0 spiro atoms. The summed E-state index contributed by atoms with van der Waals surface area (Å²) < 4.78 is 0. The summed E-state index contributed by atoms with van der Waals surface area (Å²) >= 11 is 0. The van der Waals surface area contributed by atoms with Crippen molar-refractivity contribution in [3.8, 4) is 0 Å². The van der Waals surface area contributed by atoms with Gasteiger partial charge in [0.25, 0.3) is 0 Å². The van der Waals surface area contributed by atoms with E-state index in [1.807, 2.05) is 0 Å². The van der Waals surface area contributed by atoms with Crippen molar-refractivity contribution in [3.63, 3.8) is 0 Å². The Hall–Kier alpha value is -0.0400. The topological polar surface area (TPSA) is 53.6 Å². The summed E-state index contributed by atoms with van der Waals surface area (Å²) in [5.41, 5.74) is 6.04. The summed E-state index contributed by atoms with van der Waals surface area (Å²) in [6.07, 6.45) is 12.0. The summed E-state index contributed by atoms with van der Waals surface area (Å²) in [6.45, 7) is 3.48. The largest absolute Gasteiger partial charge is 0.370 e. The number of nitrogens with two attached hydrogens (primary N) is 1. The van der Waals surface area contributed by atoms with Gasteiger partial charge in [-0.1, -0.05) is 19.3 Å². The van der Waals surface area contributed by atoms with Crippen LogP contribution in [0.3, 0.4) is 0 Å². The first-order valence-electron chi connectivity index (χ1n) is 8.62. The highest BCUT2D eigenvalue weighted by molar-refractivity contribution is 14.0. The van der Waals surface area contributed by atoms with Gasteiger partial charge in [-0.05, 0) is 57.5 Å². The quantitative estimate of drug-likeness (QED) is 0.429.